The van der Waals surface area contributed by atoms with Crippen molar-refractivity contribution in [3.05, 3.63) is 64.4 Å². The fraction of sp³-hybridized carbons (Fsp3) is 0.294. The fourth-order valence-electron chi connectivity index (χ4n) is 3.12. The maximum Gasteiger partial charge on any atom is 0.138 e. The van der Waals surface area contributed by atoms with Gasteiger partial charge in [-0.15, -0.1) is 0 Å². The minimum atomic E-state index is 1.11. The summed E-state index contributed by atoms with van der Waals surface area (Å²) >= 11 is 0. The van der Waals surface area contributed by atoms with E-state index in [9.17, 15) is 0 Å². The van der Waals surface area contributed by atoms with Crippen molar-refractivity contribution in [2.45, 2.75) is 32.1 Å². The Morgan fingerprint density at radius 1 is 1.00 bits per heavy atom. The molecule has 3 aliphatic rings. The Morgan fingerprint density at radius 2 is 1.94 bits per heavy atom. The summed E-state index contributed by atoms with van der Waals surface area (Å²) < 4.78 is 6.19. The van der Waals surface area contributed by atoms with Gasteiger partial charge in [-0.1, -0.05) is 24.3 Å². The second-order valence-corrected chi connectivity index (χ2v) is 5.24. The zero-order valence-corrected chi connectivity index (χ0v) is 10.4. The average molecular weight is 236 g/mol. The summed E-state index contributed by atoms with van der Waals surface area (Å²) in [5.41, 5.74) is 5.51. The van der Waals surface area contributed by atoms with E-state index >= 15 is 0 Å². The normalized spacial score (nSPS) is 21.1. The van der Waals surface area contributed by atoms with Crippen molar-refractivity contribution in [1.82, 2.24) is 0 Å². The highest BCUT2D eigenvalue weighted by molar-refractivity contribution is 5.73. The topological polar surface area (TPSA) is 9.23 Å². The summed E-state index contributed by atoms with van der Waals surface area (Å²) in [5.74, 6) is 2.21. The summed E-state index contributed by atoms with van der Waals surface area (Å²) in [6.07, 6.45) is 10.5. The van der Waals surface area contributed by atoms with Crippen LogP contribution in [-0.4, -0.2) is 0 Å². The van der Waals surface area contributed by atoms with Crippen LogP contribution in [0.25, 0.3) is 5.76 Å². The highest BCUT2D eigenvalue weighted by Crippen LogP contribution is 2.41. The van der Waals surface area contributed by atoms with Crippen LogP contribution in [0.5, 0.6) is 0 Å². The largest absolute Gasteiger partial charge is 0.456 e. The van der Waals surface area contributed by atoms with E-state index in [-0.39, 0.29) is 0 Å². The molecule has 2 aliphatic carbocycles. The first kappa shape index (κ1) is 10.2. The standard InChI is InChI=1S/C17H16O/c1-3-7-15-12(5-1)9-10-14-11-13-6-2-4-8-16(13)18-17(14)15/h1,3,5,7-8,11H,2,4,6,9-10H2. The van der Waals surface area contributed by atoms with Crippen molar-refractivity contribution in [1.29, 1.82) is 0 Å². The minimum absolute atomic E-state index is 1.11. The van der Waals surface area contributed by atoms with Gasteiger partial charge in [0.15, 0.2) is 0 Å². The monoisotopic (exact) mass is 236 g/mol. The van der Waals surface area contributed by atoms with Gasteiger partial charge >= 0.3 is 0 Å². The first-order valence-electron chi connectivity index (χ1n) is 6.82. The Hall–Kier alpha value is -1.76. The molecule has 18 heavy (non-hydrogen) atoms. The summed E-state index contributed by atoms with van der Waals surface area (Å²) in [6, 6.07) is 8.63. The summed E-state index contributed by atoms with van der Waals surface area (Å²) in [5, 5.41) is 0. The van der Waals surface area contributed by atoms with Gasteiger partial charge < -0.3 is 4.74 Å². The van der Waals surface area contributed by atoms with E-state index in [2.05, 4.69) is 36.4 Å². The molecule has 0 radical (unpaired) electrons. The van der Waals surface area contributed by atoms with E-state index in [0.717, 1.165) is 30.8 Å². The molecule has 90 valence electrons. The molecule has 0 fully saturated rings. The molecule has 1 nitrogen and oxygen atoms in total. The first-order chi connectivity index (χ1) is 8.92. The van der Waals surface area contributed by atoms with Crippen molar-refractivity contribution in [2.24, 2.45) is 0 Å². The van der Waals surface area contributed by atoms with Gasteiger partial charge in [-0.25, -0.2) is 0 Å². The Labute approximate surface area is 107 Å². The van der Waals surface area contributed by atoms with Crippen LogP contribution >= 0.6 is 0 Å². The molecule has 1 aliphatic heterocycles. The predicted octanol–water partition coefficient (Wildman–Crippen LogP) is 4.37. The number of aryl methyl sites for hydroxylation is 1. The average Bonchev–Trinajstić information content (AvgIpc) is 2.45. The van der Waals surface area contributed by atoms with Crippen LogP contribution in [0, 0.1) is 0 Å². The van der Waals surface area contributed by atoms with E-state index in [1.54, 1.807) is 0 Å². The van der Waals surface area contributed by atoms with Crippen LogP contribution in [0.2, 0.25) is 0 Å². The molecule has 0 saturated heterocycles. The Bertz CT molecular complexity index is 602. The van der Waals surface area contributed by atoms with Crippen molar-refractivity contribution in [3.8, 4) is 0 Å². The molecule has 0 saturated carbocycles. The maximum absolute atomic E-state index is 6.19. The summed E-state index contributed by atoms with van der Waals surface area (Å²) in [6.45, 7) is 0. The number of hydrogen-bond acceptors (Lipinski definition) is 1. The number of ether oxygens (including phenoxy) is 1. The molecular formula is C17H16O. The van der Waals surface area contributed by atoms with E-state index in [1.807, 2.05) is 0 Å². The summed E-state index contributed by atoms with van der Waals surface area (Å²) in [4.78, 5) is 0. The molecule has 0 aromatic heterocycles. The second-order valence-electron chi connectivity index (χ2n) is 5.24. The van der Waals surface area contributed by atoms with Gasteiger partial charge in [0.05, 0.1) is 0 Å². The lowest BCUT2D eigenvalue weighted by Crippen LogP contribution is -2.13. The SMILES string of the molecule is C1=C2CCCC=C2OC2=C1CCc1ccccc12. The quantitative estimate of drug-likeness (QED) is 0.650. The van der Waals surface area contributed by atoms with Gasteiger partial charge in [-0.2, -0.15) is 0 Å². The second kappa shape index (κ2) is 3.88. The number of fused-ring (bicyclic) bond motifs is 3. The molecule has 0 N–H and O–H groups in total. The van der Waals surface area contributed by atoms with Gasteiger partial charge in [0, 0.05) is 5.56 Å². The van der Waals surface area contributed by atoms with Crippen LogP contribution < -0.4 is 0 Å². The van der Waals surface area contributed by atoms with Gasteiger partial charge in [0.25, 0.3) is 0 Å². The van der Waals surface area contributed by atoms with E-state index in [0.29, 0.717) is 0 Å². The third-order valence-corrected chi connectivity index (χ3v) is 4.07. The lowest BCUT2D eigenvalue weighted by Gasteiger charge is -2.29. The first-order valence-corrected chi connectivity index (χ1v) is 6.82. The lowest BCUT2D eigenvalue weighted by molar-refractivity contribution is 0.368. The van der Waals surface area contributed by atoms with Crippen LogP contribution in [0.15, 0.2) is 53.3 Å². The zero-order chi connectivity index (χ0) is 11.9. The van der Waals surface area contributed by atoms with Crippen LogP contribution in [-0.2, 0) is 11.2 Å². The lowest BCUT2D eigenvalue weighted by atomic mass is 9.86. The number of allylic oxidation sites excluding steroid dienone is 4. The van der Waals surface area contributed by atoms with E-state index in [1.165, 1.54) is 35.1 Å². The molecule has 1 aromatic rings. The molecule has 1 heterocycles. The predicted molar refractivity (Wildman–Crippen MR) is 72.8 cm³/mol. The van der Waals surface area contributed by atoms with Crippen molar-refractivity contribution in [3.63, 3.8) is 0 Å². The highest BCUT2D eigenvalue weighted by atomic mass is 16.5. The van der Waals surface area contributed by atoms with Crippen molar-refractivity contribution < 1.29 is 4.74 Å². The smallest absolute Gasteiger partial charge is 0.138 e. The van der Waals surface area contributed by atoms with E-state index in [4.69, 9.17) is 4.74 Å². The van der Waals surface area contributed by atoms with Crippen LogP contribution in [0.1, 0.15) is 36.8 Å². The molecule has 0 bridgehead atoms. The molecule has 0 amide bonds. The molecule has 4 rings (SSSR count). The number of rotatable bonds is 0. The van der Waals surface area contributed by atoms with Crippen LogP contribution in [0.3, 0.4) is 0 Å². The van der Waals surface area contributed by atoms with Gasteiger partial charge in [0.2, 0.25) is 0 Å². The molecule has 1 heteroatoms. The Kier molecular flexibility index (Phi) is 2.19. The molecule has 0 unspecified atom stereocenters. The minimum Gasteiger partial charge on any atom is -0.456 e. The number of hydrogen-bond donors (Lipinski definition) is 0. The fourth-order valence-corrected chi connectivity index (χ4v) is 3.12. The molecule has 1 aromatic carbocycles. The zero-order valence-electron chi connectivity index (χ0n) is 10.4. The highest BCUT2D eigenvalue weighted by Gasteiger charge is 2.26. The third kappa shape index (κ3) is 1.47. The Morgan fingerprint density at radius 3 is 2.94 bits per heavy atom. The van der Waals surface area contributed by atoms with Crippen LogP contribution in [0.4, 0.5) is 0 Å². The summed E-state index contributed by atoms with van der Waals surface area (Å²) in [7, 11) is 0. The third-order valence-electron chi connectivity index (χ3n) is 4.07. The number of benzene rings is 1. The molecule has 0 atom stereocenters. The van der Waals surface area contributed by atoms with Gasteiger partial charge in [0.1, 0.15) is 11.5 Å². The van der Waals surface area contributed by atoms with Gasteiger partial charge in [-0.3, -0.25) is 0 Å². The Balaban J connectivity index is 1.86. The molecule has 0 spiro atoms. The molecular weight excluding hydrogens is 220 g/mol. The van der Waals surface area contributed by atoms with Gasteiger partial charge in [-0.05, 0) is 61.0 Å². The van der Waals surface area contributed by atoms with Crippen molar-refractivity contribution in [2.75, 3.05) is 0 Å². The van der Waals surface area contributed by atoms with E-state index < -0.39 is 0 Å². The van der Waals surface area contributed by atoms with Crippen molar-refractivity contribution >= 4 is 5.76 Å². The maximum atomic E-state index is 6.19.